The van der Waals surface area contributed by atoms with Gasteiger partial charge in [0, 0.05) is 12.1 Å². The third kappa shape index (κ3) is 4.51. The molecule has 0 aromatic heterocycles. The lowest BCUT2D eigenvalue weighted by Gasteiger charge is -2.14. The number of hydrogen-bond donors (Lipinski definition) is 1. The molecule has 1 amide bonds. The quantitative estimate of drug-likeness (QED) is 0.816. The molecule has 0 bridgehead atoms. The van der Waals surface area contributed by atoms with Gasteiger partial charge < -0.3 is 14.8 Å². The standard InChI is InChI=1S/C14H18N2O3/c1-3-9-19-14-11(5-4-6-12(14)18-2)10-16-13(17)7-8-15/h4-6H,3,7,9-10H2,1-2H3,(H,16,17). The fraction of sp³-hybridized carbons (Fsp3) is 0.429. The number of rotatable bonds is 7. The van der Waals surface area contributed by atoms with E-state index in [4.69, 9.17) is 14.7 Å². The number of methoxy groups -OCH3 is 1. The van der Waals surface area contributed by atoms with Gasteiger partial charge in [-0.2, -0.15) is 5.26 Å². The SMILES string of the molecule is CCCOc1c(CNC(=O)CC#N)cccc1OC. The average Bonchev–Trinajstić information content (AvgIpc) is 2.43. The molecule has 0 saturated carbocycles. The zero-order valence-electron chi connectivity index (χ0n) is 11.2. The van der Waals surface area contributed by atoms with Crippen molar-refractivity contribution in [3.8, 4) is 17.6 Å². The molecule has 1 rings (SSSR count). The van der Waals surface area contributed by atoms with Crippen LogP contribution in [0, 0.1) is 11.3 Å². The predicted octanol–water partition coefficient (Wildman–Crippen LogP) is 2.01. The Kier molecular flexibility index (Phi) is 6.23. The van der Waals surface area contributed by atoms with Crippen LogP contribution in [0.2, 0.25) is 0 Å². The van der Waals surface area contributed by atoms with Crippen LogP contribution in [0.25, 0.3) is 0 Å². The highest BCUT2D eigenvalue weighted by atomic mass is 16.5. The van der Waals surface area contributed by atoms with Crippen LogP contribution in [0.5, 0.6) is 11.5 Å². The Bertz CT molecular complexity index is 466. The van der Waals surface area contributed by atoms with Gasteiger partial charge in [-0.25, -0.2) is 0 Å². The van der Waals surface area contributed by atoms with Crippen molar-refractivity contribution in [2.45, 2.75) is 26.3 Å². The Balaban J connectivity index is 2.80. The van der Waals surface area contributed by atoms with Gasteiger partial charge in [-0.05, 0) is 12.5 Å². The molecule has 102 valence electrons. The number of carbonyl (C=O) groups excluding carboxylic acids is 1. The molecule has 1 aromatic carbocycles. The summed E-state index contributed by atoms with van der Waals surface area (Å²) in [6.45, 7) is 2.92. The van der Waals surface area contributed by atoms with E-state index in [0.29, 0.717) is 24.7 Å². The number of ether oxygens (including phenoxy) is 2. The minimum Gasteiger partial charge on any atom is -0.493 e. The maximum atomic E-state index is 11.3. The Morgan fingerprint density at radius 1 is 1.47 bits per heavy atom. The van der Waals surface area contributed by atoms with Gasteiger partial charge in [-0.3, -0.25) is 4.79 Å². The Labute approximate surface area is 113 Å². The lowest BCUT2D eigenvalue weighted by molar-refractivity contribution is -0.120. The molecule has 0 heterocycles. The summed E-state index contributed by atoms with van der Waals surface area (Å²) in [5, 5.41) is 11.1. The smallest absolute Gasteiger partial charge is 0.234 e. The number of nitrogens with zero attached hydrogens (tertiary/aromatic N) is 1. The third-order valence-electron chi connectivity index (χ3n) is 2.45. The molecule has 0 spiro atoms. The summed E-state index contributed by atoms with van der Waals surface area (Å²) in [5.41, 5.74) is 0.832. The van der Waals surface area contributed by atoms with E-state index in [1.165, 1.54) is 0 Å². The summed E-state index contributed by atoms with van der Waals surface area (Å²) < 4.78 is 10.9. The van der Waals surface area contributed by atoms with E-state index < -0.39 is 0 Å². The molecule has 1 N–H and O–H groups in total. The Morgan fingerprint density at radius 2 is 2.26 bits per heavy atom. The number of benzene rings is 1. The molecule has 0 saturated heterocycles. The third-order valence-corrected chi connectivity index (χ3v) is 2.45. The van der Waals surface area contributed by atoms with Crippen LogP contribution >= 0.6 is 0 Å². The van der Waals surface area contributed by atoms with Gasteiger partial charge in [-0.15, -0.1) is 0 Å². The van der Waals surface area contributed by atoms with Crippen molar-refractivity contribution in [1.29, 1.82) is 5.26 Å². The number of amides is 1. The van der Waals surface area contributed by atoms with Gasteiger partial charge in [0.15, 0.2) is 11.5 Å². The number of nitrogens with one attached hydrogen (secondary N) is 1. The highest BCUT2D eigenvalue weighted by molar-refractivity contribution is 5.78. The number of para-hydroxylation sites is 1. The largest absolute Gasteiger partial charge is 0.493 e. The summed E-state index contributed by atoms with van der Waals surface area (Å²) in [5.74, 6) is 0.983. The second kappa shape index (κ2) is 7.98. The van der Waals surface area contributed by atoms with Crippen molar-refractivity contribution in [3.63, 3.8) is 0 Å². The summed E-state index contributed by atoms with van der Waals surface area (Å²) in [6, 6.07) is 7.32. The molecule has 19 heavy (non-hydrogen) atoms. The molecule has 0 radical (unpaired) electrons. The van der Waals surface area contributed by atoms with E-state index in [9.17, 15) is 4.79 Å². The van der Waals surface area contributed by atoms with Crippen LogP contribution in [0.3, 0.4) is 0 Å². The van der Waals surface area contributed by atoms with Crippen LogP contribution in [-0.2, 0) is 11.3 Å². The van der Waals surface area contributed by atoms with Crippen LogP contribution in [0.15, 0.2) is 18.2 Å². The summed E-state index contributed by atoms with van der Waals surface area (Å²) in [4.78, 5) is 11.3. The van der Waals surface area contributed by atoms with Gasteiger partial charge in [0.25, 0.3) is 0 Å². The van der Waals surface area contributed by atoms with E-state index in [0.717, 1.165) is 12.0 Å². The van der Waals surface area contributed by atoms with Crippen LogP contribution in [0.4, 0.5) is 0 Å². The van der Waals surface area contributed by atoms with Crippen molar-refractivity contribution >= 4 is 5.91 Å². The molecule has 5 heteroatoms. The molecule has 0 aliphatic carbocycles. The van der Waals surface area contributed by atoms with Crippen LogP contribution < -0.4 is 14.8 Å². The van der Waals surface area contributed by atoms with Gasteiger partial charge in [-0.1, -0.05) is 19.1 Å². The van der Waals surface area contributed by atoms with Gasteiger partial charge in [0.05, 0.1) is 19.8 Å². The fourth-order valence-electron chi connectivity index (χ4n) is 1.56. The second-order valence-corrected chi connectivity index (χ2v) is 3.91. The molecule has 0 aliphatic rings. The van der Waals surface area contributed by atoms with Crippen molar-refractivity contribution in [2.75, 3.05) is 13.7 Å². The summed E-state index contributed by atoms with van der Waals surface area (Å²) in [6.07, 6.45) is 0.743. The molecule has 1 aromatic rings. The monoisotopic (exact) mass is 262 g/mol. The minimum atomic E-state index is -0.299. The van der Waals surface area contributed by atoms with Crippen molar-refractivity contribution < 1.29 is 14.3 Å². The van der Waals surface area contributed by atoms with Crippen LogP contribution in [-0.4, -0.2) is 19.6 Å². The zero-order chi connectivity index (χ0) is 14.1. The van der Waals surface area contributed by atoms with E-state index in [-0.39, 0.29) is 12.3 Å². The van der Waals surface area contributed by atoms with Gasteiger partial charge in [0.2, 0.25) is 5.91 Å². The van der Waals surface area contributed by atoms with Crippen LogP contribution in [0.1, 0.15) is 25.3 Å². The summed E-state index contributed by atoms with van der Waals surface area (Å²) >= 11 is 0. The average molecular weight is 262 g/mol. The maximum Gasteiger partial charge on any atom is 0.234 e. The van der Waals surface area contributed by atoms with Gasteiger partial charge >= 0.3 is 0 Å². The zero-order valence-corrected chi connectivity index (χ0v) is 11.2. The number of nitriles is 1. The lowest BCUT2D eigenvalue weighted by Crippen LogP contribution is -2.22. The normalized spacial score (nSPS) is 9.53. The predicted molar refractivity (Wildman–Crippen MR) is 70.9 cm³/mol. The molecule has 5 nitrogen and oxygen atoms in total. The van der Waals surface area contributed by atoms with Crippen molar-refractivity contribution in [2.24, 2.45) is 0 Å². The first-order valence-electron chi connectivity index (χ1n) is 6.15. The second-order valence-electron chi connectivity index (χ2n) is 3.91. The Morgan fingerprint density at radius 3 is 2.89 bits per heavy atom. The highest BCUT2D eigenvalue weighted by Gasteiger charge is 2.11. The first-order chi connectivity index (χ1) is 9.22. The number of carbonyl (C=O) groups is 1. The molecular formula is C14H18N2O3. The Hall–Kier alpha value is -2.22. The van der Waals surface area contributed by atoms with Crippen molar-refractivity contribution in [1.82, 2.24) is 5.32 Å². The number of hydrogen-bond acceptors (Lipinski definition) is 4. The topological polar surface area (TPSA) is 71.3 Å². The molecule has 0 fully saturated rings. The van der Waals surface area contributed by atoms with E-state index >= 15 is 0 Å². The fourth-order valence-corrected chi connectivity index (χ4v) is 1.56. The van der Waals surface area contributed by atoms with Crippen molar-refractivity contribution in [3.05, 3.63) is 23.8 Å². The summed E-state index contributed by atoms with van der Waals surface area (Å²) in [7, 11) is 1.58. The molecular weight excluding hydrogens is 244 g/mol. The maximum absolute atomic E-state index is 11.3. The molecule has 0 atom stereocenters. The first-order valence-corrected chi connectivity index (χ1v) is 6.15. The van der Waals surface area contributed by atoms with E-state index in [1.54, 1.807) is 7.11 Å². The van der Waals surface area contributed by atoms with E-state index in [2.05, 4.69) is 5.32 Å². The lowest BCUT2D eigenvalue weighted by atomic mass is 10.2. The van der Waals surface area contributed by atoms with E-state index in [1.807, 2.05) is 31.2 Å². The molecule has 0 aliphatic heterocycles. The first kappa shape index (κ1) is 14.8. The van der Waals surface area contributed by atoms with Gasteiger partial charge in [0.1, 0.15) is 6.42 Å². The minimum absolute atomic E-state index is 0.144. The molecule has 0 unspecified atom stereocenters. The highest BCUT2D eigenvalue weighted by Crippen LogP contribution is 2.31.